The summed E-state index contributed by atoms with van der Waals surface area (Å²) in [4.78, 5) is 13.3. The third-order valence-corrected chi connectivity index (χ3v) is 4.23. The molecule has 0 amide bonds. The molecule has 1 aromatic carbocycles. The number of aromatic nitrogens is 2. The molecule has 6 heteroatoms. The summed E-state index contributed by atoms with van der Waals surface area (Å²) in [5.41, 5.74) is 2.30. The van der Waals surface area contributed by atoms with Crippen LogP contribution in [0.15, 0.2) is 36.7 Å². The molecule has 23 heavy (non-hydrogen) atoms. The van der Waals surface area contributed by atoms with Crippen molar-refractivity contribution >= 4 is 23.0 Å². The minimum atomic E-state index is 0.789. The smallest absolute Gasteiger partial charge is 0.135 e. The summed E-state index contributed by atoms with van der Waals surface area (Å²) in [6, 6.07) is 10.4. The lowest BCUT2D eigenvalue weighted by Crippen LogP contribution is -2.46. The van der Waals surface area contributed by atoms with Gasteiger partial charge in [0.25, 0.3) is 0 Å². The van der Waals surface area contributed by atoms with Crippen LogP contribution in [0.25, 0.3) is 0 Å². The van der Waals surface area contributed by atoms with Gasteiger partial charge in [0.05, 0.1) is 0 Å². The van der Waals surface area contributed by atoms with Crippen LogP contribution in [-0.4, -0.2) is 54.6 Å². The van der Waals surface area contributed by atoms with E-state index in [0.717, 1.165) is 50.0 Å². The number of rotatable bonds is 5. The van der Waals surface area contributed by atoms with E-state index in [0.29, 0.717) is 0 Å². The van der Waals surface area contributed by atoms with E-state index >= 15 is 0 Å². The standard InChI is InChI=1S/C17H24N6/c1-3-22-7-9-23(10-8-22)15-6-4-5-14(11-15)21-17-12-16(18-2)19-13-20-17/h4-6,11-13H,3,7-10H2,1-2H3,(H2,18,19,20,21). The average molecular weight is 312 g/mol. The molecule has 2 N–H and O–H groups in total. The number of nitrogens with zero attached hydrogens (tertiary/aromatic N) is 4. The molecular formula is C17H24N6. The molecule has 0 radical (unpaired) electrons. The van der Waals surface area contributed by atoms with Crippen molar-refractivity contribution < 1.29 is 0 Å². The highest BCUT2D eigenvalue weighted by molar-refractivity contribution is 5.64. The van der Waals surface area contributed by atoms with Gasteiger partial charge in [-0.2, -0.15) is 0 Å². The zero-order chi connectivity index (χ0) is 16.1. The van der Waals surface area contributed by atoms with Gasteiger partial charge in [-0.05, 0) is 24.7 Å². The maximum Gasteiger partial charge on any atom is 0.135 e. The molecule has 0 saturated carbocycles. The van der Waals surface area contributed by atoms with Gasteiger partial charge in [-0.3, -0.25) is 0 Å². The molecule has 1 aromatic heterocycles. The van der Waals surface area contributed by atoms with Crippen molar-refractivity contribution in [3.8, 4) is 0 Å². The van der Waals surface area contributed by atoms with Gasteiger partial charge in [-0.25, -0.2) is 9.97 Å². The Morgan fingerprint density at radius 3 is 2.57 bits per heavy atom. The second-order valence-electron chi connectivity index (χ2n) is 5.64. The number of hydrogen-bond acceptors (Lipinski definition) is 6. The quantitative estimate of drug-likeness (QED) is 0.884. The molecular weight excluding hydrogens is 288 g/mol. The fourth-order valence-corrected chi connectivity index (χ4v) is 2.81. The Bertz CT molecular complexity index is 636. The van der Waals surface area contributed by atoms with Crippen LogP contribution >= 0.6 is 0 Å². The monoisotopic (exact) mass is 312 g/mol. The molecule has 0 unspecified atom stereocenters. The number of hydrogen-bond donors (Lipinski definition) is 2. The van der Waals surface area contributed by atoms with Crippen LogP contribution in [0.2, 0.25) is 0 Å². The summed E-state index contributed by atoms with van der Waals surface area (Å²) in [5.74, 6) is 1.59. The third-order valence-electron chi connectivity index (χ3n) is 4.23. The minimum Gasteiger partial charge on any atom is -0.373 e. The van der Waals surface area contributed by atoms with Gasteiger partial charge < -0.3 is 20.4 Å². The Kier molecular flexibility index (Phi) is 4.92. The van der Waals surface area contributed by atoms with Crippen LogP contribution in [0.4, 0.5) is 23.0 Å². The van der Waals surface area contributed by atoms with Gasteiger partial charge >= 0.3 is 0 Å². The van der Waals surface area contributed by atoms with Crippen LogP contribution in [0.3, 0.4) is 0 Å². The Labute approximate surface area is 137 Å². The van der Waals surface area contributed by atoms with E-state index in [9.17, 15) is 0 Å². The summed E-state index contributed by atoms with van der Waals surface area (Å²) >= 11 is 0. The topological polar surface area (TPSA) is 56.3 Å². The Morgan fingerprint density at radius 2 is 1.83 bits per heavy atom. The zero-order valence-electron chi connectivity index (χ0n) is 13.8. The van der Waals surface area contributed by atoms with Crippen molar-refractivity contribution in [2.24, 2.45) is 0 Å². The second-order valence-corrected chi connectivity index (χ2v) is 5.64. The van der Waals surface area contributed by atoms with Crippen molar-refractivity contribution in [1.29, 1.82) is 0 Å². The van der Waals surface area contributed by atoms with Gasteiger partial charge in [-0.1, -0.05) is 13.0 Å². The molecule has 2 heterocycles. The highest BCUT2D eigenvalue weighted by atomic mass is 15.3. The van der Waals surface area contributed by atoms with Crippen molar-refractivity contribution in [1.82, 2.24) is 14.9 Å². The first-order valence-corrected chi connectivity index (χ1v) is 8.12. The number of nitrogens with one attached hydrogen (secondary N) is 2. The molecule has 1 aliphatic heterocycles. The average Bonchev–Trinajstić information content (AvgIpc) is 2.62. The SMILES string of the molecule is CCN1CCN(c2cccc(Nc3cc(NC)ncn3)c2)CC1. The molecule has 0 bridgehead atoms. The molecule has 1 fully saturated rings. The lowest BCUT2D eigenvalue weighted by atomic mass is 10.2. The predicted molar refractivity (Wildman–Crippen MR) is 95.6 cm³/mol. The molecule has 6 nitrogen and oxygen atoms in total. The maximum atomic E-state index is 4.26. The van der Waals surface area contributed by atoms with Gasteiger partial charge in [0, 0.05) is 50.7 Å². The van der Waals surface area contributed by atoms with Gasteiger partial charge in [0.1, 0.15) is 18.0 Å². The van der Waals surface area contributed by atoms with Crippen LogP contribution in [0.5, 0.6) is 0 Å². The lowest BCUT2D eigenvalue weighted by Gasteiger charge is -2.35. The molecule has 0 aliphatic carbocycles. The first-order valence-electron chi connectivity index (χ1n) is 8.12. The Morgan fingerprint density at radius 1 is 1.04 bits per heavy atom. The molecule has 2 aromatic rings. The fraction of sp³-hybridized carbons (Fsp3) is 0.412. The molecule has 3 rings (SSSR count). The summed E-state index contributed by atoms with van der Waals surface area (Å²) in [7, 11) is 1.85. The largest absolute Gasteiger partial charge is 0.373 e. The second kappa shape index (κ2) is 7.28. The molecule has 0 spiro atoms. The number of piperazine rings is 1. The van der Waals surface area contributed by atoms with Crippen molar-refractivity contribution in [2.45, 2.75) is 6.92 Å². The van der Waals surface area contributed by atoms with E-state index in [-0.39, 0.29) is 0 Å². The summed E-state index contributed by atoms with van der Waals surface area (Å²) < 4.78 is 0. The van der Waals surface area contributed by atoms with Crippen LogP contribution < -0.4 is 15.5 Å². The molecule has 122 valence electrons. The first kappa shape index (κ1) is 15.6. The van der Waals surface area contributed by atoms with Crippen molar-refractivity contribution in [3.05, 3.63) is 36.7 Å². The molecule has 1 saturated heterocycles. The normalized spacial score (nSPS) is 15.5. The summed E-state index contributed by atoms with van der Waals surface area (Å²) in [5, 5.41) is 6.37. The maximum absolute atomic E-state index is 4.26. The summed E-state index contributed by atoms with van der Waals surface area (Å²) in [6.07, 6.45) is 1.56. The van der Waals surface area contributed by atoms with E-state index < -0.39 is 0 Å². The van der Waals surface area contributed by atoms with Crippen LogP contribution in [0, 0.1) is 0 Å². The molecule has 0 atom stereocenters. The molecule has 1 aliphatic rings. The van der Waals surface area contributed by atoms with Crippen LogP contribution in [0.1, 0.15) is 6.92 Å². The fourth-order valence-electron chi connectivity index (χ4n) is 2.81. The van der Waals surface area contributed by atoms with Gasteiger partial charge in [0.15, 0.2) is 0 Å². The lowest BCUT2D eigenvalue weighted by molar-refractivity contribution is 0.271. The van der Waals surface area contributed by atoms with Gasteiger partial charge in [-0.15, -0.1) is 0 Å². The van der Waals surface area contributed by atoms with Gasteiger partial charge in [0.2, 0.25) is 0 Å². The minimum absolute atomic E-state index is 0.789. The third kappa shape index (κ3) is 3.90. The van der Waals surface area contributed by atoms with Crippen molar-refractivity contribution in [3.63, 3.8) is 0 Å². The van der Waals surface area contributed by atoms with E-state index in [1.807, 2.05) is 13.1 Å². The van der Waals surface area contributed by atoms with Crippen molar-refractivity contribution in [2.75, 3.05) is 55.3 Å². The zero-order valence-corrected chi connectivity index (χ0v) is 13.8. The first-order chi connectivity index (χ1) is 11.3. The predicted octanol–water partition coefficient (Wildman–Crippen LogP) is 2.40. The summed E-state index contributed by atoms with van der Waals surface area (Å²) in [6.45, 7) is 7.78. The van der Waals surface area contributed by atoms with Crippen LogP contribution in [-0.2, 0) is 0 Å². The number of anilines is 4. The van der Waals surface area contributed by atoms with E-state index in [2.05, 4.69) is 61.6 Å². The highest BCUT2D eigenvalue weighted by Gasteiger charge is 2.15. The van der Waals surface area contributed by atoms with E-state index in [4.69, 9.17) is 0 Å². The Hall–Kier alpha value is -2.34. The van der Waals surface area contributed by atoms with E-state index in [1.165, 1.54) is 5.69 Å². The highest BCUT2D eigenvalue weighted by Crippen LogP contribution is 2.23. The Balaban J connectivity index is 1.70. The number of benzene rings is 1. The van der Waals surface area contributed by atoms with E-state index in [1.54, 1.807) is 6.33 Å². The number of likely N-dealkylation sites (N-methyl/N-ethyl adjacent to an activating group) is 1.